The summed E-state index contributed by atoms with van der Waals surface area (Å²) in [6.45, 7) is 0. The molecular formula is C20H26N2O4. The van der Waals surface area contributed by atoms with Crippen LogP contribution in [-0.2, 0) is 22.4 Å². The van der Waals surface area contributed by atoms with Gasteiger partial charge >= 0.3 is 11.9 Å². The molecule has 0 fully saturated rings. The minimum Gasteiger partial charge on any atom is -0.480 e. The third-order valence-electron chi connectivity index (χ3n) is 3.86. The normalized spacial score (nSPS) is 12.4. The number of aliphatic carboxylic acids is 2. The Kier molecular flexibility index (Phi) is 9.67. The summed E-state index contributed by atoms with van der Waals surface area (Å²) in [6, 6.07) is 18.2. The number of hydrogen-bond donors (Lipinski definition) is 4. The lowest BCUT2D eigenvalue weighted by Crippen LogP contribution is -2.35. The number of nitrogens with one attached hydrogen (secondary N) is 2. The Morgan fingerprint density at radius 3 is 1.27 bits per heavy atom. The van der Waals surface area contributed by atoms with Gasteiger partial charge in [0.1, 0.15) is 12.1 Å². The molecule has 2 aromatic rings. The molecule has 0 saturated heterocycles. The number of carboxylic acids is 2. The highest BCUT2D eigenvalue weighted by molar-refractivity contribution is 5.74. The van der Waals surface area contributed by atoms with Crippen molar-refractivity contribution in [2.75, 3.05) is 14.1 Å². The molecule has 0 heterocycles. The van der Waals surface area contributed by atoms with E-state index in [9.17, 15) is 9.59 Å². The highest BCUT2D eigenvalue weighted by Gasteiger charge is 2.15. The fraction of sp³-hybridized carbons (Fsp3) is 0.300. The molecule has 6 heteroatoms. The SMILES string of the molecule is CN[C@H](Cc1ccccc1)C(=O)O.CN[C@H](Cc1ccccc1)C(=O)O. The Hall–Kier alpha value is -2.70. The van der Waals surface area contributed by atoms with Crippen molar-refractivity contribution < 1.29 is 19.8 Å². The molecule has 0 aliphatic heterocycles. The number of carboxylic acid groups (broad SMARTS) is 2. The van der Waals surface area contributed by atoms with Gasteiger partial charge in [0.15, 0.2) is 0 Å². The maximum atomic E-state index is 10.7. The number of benzene rings is 2. The van der Waals surface area contributed by atoms with Crippen molar-refractivity contribution in [3.8, 4) is 0 Å². The average Bonchev–Trinajstić information content (AvgIpc) is 2.66. The first kappa shape index (κ1) is 21.3. The summed E-state index contributed by atoms with van der Waals surface area (Å²) in [5.74, 6) is -1.63. The molecule has 2 atom stereocenters. The largest absolute Gasteiger partial charge is 0.480 e. The Balaban J connectivity index is 0.000000260. The second kappa shape index (κ2) is 11.8. The minimum absolute atomic E-state index is 0.498. The van der Waals surface area contributed by atoms with Gasteiger partial charge in [0.2, 0.25) is 0 Å². The summed E-state index contributed by atoms with van der Waals surface area (Å²) < 4.78 is 0. The predicted molar refractivity (Wildman–Crippen MR) is 101 cm³/mol. The summed E-state index contributed by atoms with van der Waals surface area (Å²) >= 11 is 0. The van der Waals surface area contributed by atoms with Crippen molar-refractivity contribution in [1.82, 2.24) is 10.6 Å². The number of rotatable bonds is 8. The van der Waals surface area contributed by atoms with Crippen LogP contribution in [0.1, 0.15) is 11.1 Å². The lowest BCUT2D eigenvalue weighted by atomic mass is 10.1. The van der Waals surface area contributed by atoms with Crippen LogP contribution in [0.25, 0.3) is 0 Å². The first-order chi connectivity index (χ1) is 12.5. The molecule has 0 amide bonds. The van der Waals surface area contributed by atoms with Crippen molar-refractivity contribution in [2.24, 2.45) is 0 Å². The fourth-order valence-corrected chi connectivity index (χ4v) is 2.33. The molecule has 6 nitrogen and oxygen atoms in total. The van der Waals surface area contributed by atoms with Crippen molar-refractivity contribution >= 4 is 11.9 Å². The summed E-state index contributed by atoms with van der Waals surface area (Å²) in [7, 11) is 3.31. The number of likely N-dealkylation sites (N-methyl/N-ethyl adjacent to an activating group) is 2. The van der Waals surface area contributed by atoms with Crippen molar-refractivity contribution in [3.05, 3.63) is 71.8 Å². The molecule has 0 radical (unpaired) electrons. The van der Waals surface area contributed by atoms with Crippen LogP contribution in [0.15, 0.2) is 60.7 Å². The quantitative estimate of drug-likeness (QED) is 0.574. The molecule has 0 aliphatic carbocycles. The Bertz CT molecular complexity index is 603. The van der Waals surface area contributed by atoms with Crippen molar-refractivity contribution in [3.63, 3.8) is 0 Å². The van der Waals surface area contributed by atoms with Gasteiger partial charge in [-0.05, 0) is 38.1 Å². The average molecular weight is 358 g/mol. The molecule has 0 saturated carbocycles. The molecular weight excluding hydrogens is 332 g/mol. The molecule has 2 rings (SSSR count). The molecule has 0 unspecified atom stereocenters. The standard InChI is InChI=1S/2C10H13NO2/c2*1-11-9(10(12)13)7-8-5-3-2-4-6-8/h2*2-6,9,11H,7H2,1H3,(H,12,13)/t2*9-/m11/s1. The van der Waals surface area contributed by atoms with Gasteiger partial charge in [-0.25, -0.2) is 0 Å². The maximum Gasteiger partial charge on any atom is 0.321 e. The topological polar surface area (TPSA) is 98.7 Å². The van der Waals surface area contributed by atoms with Gasteiger partial charge in [-0.1, -0.05) is 60.7 Å². The smallest absolute Gasteiger partial charge is 0.321 e. The van der Waals surface area contributed by atoms with Crippen LogP contribution in [0.4, 0.5) is 0 Å². The maximum absolute atomic E-state index is 10.7. The zero-order valence-electron chi connectivity index (χ0n) is 15.1. The van der Waals surface area contributed by atoms with E-state index in [0.29, 0.717) is 12.8 Å². The van der Waals surface area contributed by atoms with Crippen LogP contribution in [0.2, 0.25) is 0 Å². The van der Waals surface area contributed by atoms with E-state index in [-0.39, 0.29) is 0 Å². The van der Waals surface area contributed by atoms with Crippen molar-refractivity contribution in [2.45, 2.75) is 24.9 Å². The molecule has 4 N–H and O–H groups in total. The molecule has 0 aromatic heterocycles. The third-order valence-corrected chi connectivity index (χ3v) is 3.86. The van der Waals surface area contributed by atoms with Crippen LogP contribution >= 0.6 is 0 Å². The van der Waals surface area contributed by atoms with Crippen LogP contribution < -0.4 is 10.6 Å². The summed E-state index contributed by atoms with van der Waals surface area (Å²) in [5, 5.41) is 23.0. The Labute approximate surface area is 153 Å². The van der Waals surface area contributed by atoms with Gasteiger partial charge in [-0.15, -0.1) is 0 Å². The highest BCUT2D eigenvalue weighted by atomic mass is 16.4. The second-order valence-corrected chi connectivity index (χ2v) is 5.74. The van der Waals surface area contributed by atoms with E-state index in [1.54, 1.807) is 14.1 Å². The number of carbonyl (C=O) groups is 2. The first-order valence-corrected chi connectivity index (χ1v) is 8.36. The van der Waals surface area contributed by atoms with E-state index in [0.717, 1.165) is 11.1 Å². The number of hydrogen-bond acceptors (Lipinski definition) is 4. The zero-order chi connectivity index (χ0) is 19.4. The van der Waals surface area contributed by atoms with E-state index in [4.69, 9.17) is 10.2 Å². The van der Waals surface area contributed by atoms with Gasteiger partial charge in [-0.2, -0.15) is 0 Å². The highest BCUT2D eigenvalue weighted by Crippen LogP contribution is 2.03. The fourth-order valence-electron chi connectivity index (χ4n) is 2.33. The molecule has 26 heavy (non-hydrogen) atoms. The molecule has 0 bridgehead atoms. The van der Waals surface area contributed by atoms with E-state index in [2.05, 4.69) is 10.6 Å². The first-order valence-electron chi connectivity index (χ1n) is 8.36. The molecule has 2 aromatic carbocycles. The molecule has 0 spiro atoms. The van der Waals surface area contributed by atoms with Gasteiger partial charge in [0.25, 0.3) is 0 Å². The van der Waals surface area contributed by atoms with E-state index in [1.165, 1.54) is 0 Å². The zero-order valence-corrected chi connectivity index (χ0v) is 15.1. The summed E-state index contributed by atoms with van der Waals surface area (Å²) in [6.07, 6.45) is 1.04. The predicted octanol–water partition coefficient (Wildman–Crippen LogP) is 1.80. The third kappa shape index (κ3) is 7.92. The van der Waals surface area contributed by atoms with Gasteiger partial charge < -0.3 is 20.8 Å². The second-order valence-electron chi connectivity index (χ2n) is 5.74. The molecule has 0 aliphatic rings. The van der Waals surface area contributed by atoms with Crippen LogP contribution in [0, 0.1) is 0 Å². The Morgan fingerprint density at radius 1 is 0.731 bits per heavy atom. The summed E-state index contributed by atoms with van der Waals surface area (Å²) in [5.41, 5.74) is 2.06. The lowest BCUT2D eigenvalue weighted by molar-refractivity contribution is -0.140. The summed E-state index contributed by atoms with van der Waals surface area (Å²) in [4.78, 5) is 21.3. The molecule has 140 valence electrons. The van der Waals surface area contributed by atoms with E-state index >= 15 is 0 Å². The van der Waals surface area contributed by atoms with E-state index < -0.39 is 24.0 Å². The Morgan fingerprint density at radius 2 is 1.04 bits per heavy atom. The lowest BCUT2D eigenvalue weighted by Gasteiger charge is -2.10. The van der Waals surface area contributed by atoms with Crippen LogP contribution in [-0.4, -0.2) is 48.3 Å². The van der Waals surface area contributed by atoms with Crippen LogP contribution in [0.5, 0.6) is 0 Å². The van der Waals surface area contributed by atoms with Crippen LogP contribution in [0.3, 0.4) is 0 Å². The van der Waals surface area contributed by atoms with Crippen molar-refractivity contribution in [1.29, 1.82) is 0 Å². The van der Waals surface area contributed by atoms with Gasteiger partial charge in [0.05, 0.1) is 0 Å². The van der Waals surface area contributed by atoms with Gasteiger partial charge in [0, 0.05) is 0 Å². The van der Waals surface area contributed by atoms with E-state index in [1.807, 2.05) is 60.7 Å². The monoisotopic (exact) mass is 358 g/mol. The minimum atomic E-state index is -0.814. The van der Waals surface area contributed by atoms with Gasteiger partial charge in [-0.3, -0.25) is 9.59 Å².